The third-order valence-corrected chi connectivity index (χ3v) is 5.07. The summed E-state index contributed by atoms with van der Waals surface area (Å²) in [5.41, 5.74) is 4.18. The highest BCUT2D eigenvalue weighted by Crippen LogP contribution is 2.23. The summed E-state index contributed by atoms with van der Waals surface area (Å²) in [5.74, 6) is 1.31. The molecule has 3 aromatic rings. The smallest absolute Gasteiger partial charge is 0.250 e. The molecule has 2 aromatic carbocycles. The van der Waals surface area contributed by atoms with Crippen LogP contribution in [0.15, 0.2) is 58.8 Å². The minimum atomic E-state index is -0.243. The Balaban J connectivity index is 1.56. The van der Waals surface area contributed by atoms with Gasteiger partial charge in [0.1, 0.15) is 5.75 Å². The minimum Gasteiger partial charge on any atom is -0.496 e. The molecule has 0 atom stereocenters. The monoisotopic (exact) mass is 415 g/mol. The van der Waals surface area contributed by atoms with E-state index >= 15 is 0 Å². The van der Waals surface area contributed by atoms with E-state index in [1.807, 2.05) is 48.0 Å². The maximum absolute atomic E-state index is 12.0. The van der Waals surface area contributed by atoms with Crippen LogP contribution in [0.25, 0.3) is 11.4 Å². The van der Waals surface area contributed by atoms with Gasteiger partial charge in [-0.15, -0.1) is 10.2 Å². The zero-order valence-electron chi connectivity index (χ0n) is 15.3. The summed E-state index contributed by atoms with van der Waals surface area (Å²) in [6.45, 7) is 0. The fourth-order valence-corrected chi connectivity index (χ4v) is 3.23. The lowest BCUT2D eigenvalue weighted by atomic mass is 10.2. The molecule has 0 aliphatic heterocycles. The Morgan fingerprint density at radius 1 is 1.25 bits per heavy atom. The Hall–Kier alpha value is -2.84. The molecule has 144 valence electrons. The molecular weight excluding hydrogens is 398 g/mol. The molecule has 0 saturated heterocycles. The highest BCUT2D eigenvalue weighted by atomic mass is 35.5. The number of benzene rings is 2. The minimum absolute atomic E-state index is 0.163. The summed E-state index contributed by atoms with van der Waals surface area (Å²) >= 11 is 7.20. The van der Waals surface area contributed by atoms with E-state index in [4.69, 9.17) is 16.3 Å². The number of carbonyl (C=O) groups excluding carboxylic acids is 1. The summed E-state index contributed by atoms with van der Waals surface area (Å²) in [5, 5.41) is 13.6. The van der Waals surface area contributed by atoms with Crippen molar-refractivity contribution in [1.29, 1.82) is 0 Å². The third kappa shape index (κ3) is 4.90. The number of hydrogen-bond donors (Lipinski definition) is 1. The summed E-state index contributed by atoms with van der Waals surface area (Å²) in [6.07, 6.45) is 1.54. The molecule has 0 fully saturated rings. The summed E-state index contributed by atoms with van der Waals surface area (Å²) in [7, 11) is 3.44. The van der Waals surface area contributed by atoms with E-state index in [-0.39, 0.29) is 11.7 Å². The van der Waals surface area contributed by atoms with Crippen LogP contribution in [0, 0.1) is 0 Å². The number of rotatable bonds is 7. The number of aromatic nitrogens is 3. The van der Waals surface area contributed by atoms with Crippen molar-refractivity contribution in [3.63, 3.8) is 0 Å². The molecule has 7 nitrogen and oxygen atoms in total. The van der Waals surface area contributed by atoms with E-state index in [0.29, 0.717) is 21.8 Å². The van der Waals surface area contributed by atoms with Crippen molar-refractivity contribution in [3.8, 4) is 17.1 Å². The van der Waals surface area contributed by atoms with Gasteiger partial charge in [-0.2, -0.15) is 5.10 Å². The largest absolute Gasteiger partial charge is 0.496 e. The standard InChI is InChI=1S/C19H18ClN5O2S/c1-25-18(13-7-9-15(20)10-8-13)23-24-19(25)28-12-17(26)22-21-11-14-5-3-4-6-16(14)27-2/h3-11H,12H2,1-2H3,(H,22,26)/b21-11-. The molecular formula is C19H18ClN5O2S. The lowest BCUT2D eigenvalue weighted by molar-refractivity contribution is -0.118. The normalized spacial score (nSPS) is 11.0. The Morgan fingerprint density at radius 3 is 2.75 bits per heavy atom. The summed E-state index contributed by atoms with van der Waals surface area (Å²) in [4.78, 5) is 12.0. The van der Waals surface area contributed by atoms with Crippen molar-refractivity contribution < 1.29 is 9.53 Å². The van der Waals surface area contributed by atoms with E-state index in [1.165, 1.54) is 11.8 Å². The molecule has 0 unspecified atom stereocenters. The molecule has 9 heteroatoms. The summed E-state index contributed by atoms with van der Waals surface area (Å²) < 4.78 is 7.07. The van der Waals surface area contributed by atoms with Gasteiger partial charge in [0.2, 0.25) is 0 Å². The first-order valence-electron chi connectivity index (χ1n) is 8.31. The molecule has 1 amide bonds. The van der Waals surface area contributed by atoms with Crippen LogP contribution in [-0.4, -0.2) is 39.7 Å². The van der Waals surface area contributed by atoms with Crippen LogP contribution in [0.1, 0.15) is 5.56 Å². The Kier molecular flexibility index (Phi) is 6.67. The van der Waals surface area contributed by atoms with Gasteiger partial charge in [0.25, 0.3) is 5.91 Å². The fraction of sp³-hybridized carbons (Fsp3) is 0.158. The molecule has 0 spiro atoms. The van der Waals surface area contributed by atoms with Crippen molar-refractivity contribution in [2.45, 2.75) is 5.16 Å². The fourth-order valence-electron chi connectivity index (χ4n) is 2.40. The molecule has 1 N–H and O–H groups in total. The number of hydrogen-bond acceptors (Lipinski definition) is 6. The van der Waals surface area contributed by atoms with Gasteiger partial charge in [-0.3, -0.25) is 4.79 Å². The zero-order valence-corrected chi connectivity index (χ0v) is 16.9. The van der Waals surface area contributed by atoms with Crippen LogP contribution in [0.5, 0.6) is 5.75 Å². The number of nitrogens with zero attached hydrogens (tertiary/aromatic N) is 4. The summed E-state index contributed by atoms with van der Waals surface area (Å²) in [6, 6.07) is 14.8. The predicted octanol–water partition coefficient (Wildman–Crippen LogP) is 3.39. The van der Waals surface area contributed by atoms with Gasteiger partial charge in [0.15, 0.2) is 11.0 Å². The molecule has 0 radical (unpaired) electrons. The van der Waals surface area contributed by atoms with Gasteiger partial charge in [-0.25, -0.2) is 5.43 Å². The van der Waals surface area contributed by atoms with E-state index in [2.05, 4.69) is 20.7 Å². The van der Waals surface area contributed by atoms with Crippen LogP contribution in [0.4, 0.5) is 0 Å². The van der Waals surface area contributed by atoms with Gasteiger partial charge in [-0.1, -0.05) is 35.5 Å². The SMILES string of the molecule is COc1ccccc1/C=N\NC(=O)CSc1nnc(-c2ccc(Cl)cc2)n1C. The van der Waals surface area contributed by atoms with Gasteiger partial charge < -0.3 is 9.30 Å². The average Bonchev–Trinajstić information content (AvgIpc) is 3.08. The van der Waals surface area contributed by atoms with E-state index in [1.54, 1.807) is 25.5 Å². The van der Waals surface area contributed by atoms with Crippen LogP contribution in [-0.2, 0) is 11.8 Å². The number of amides is 1. The van der Waals surface area contributed by atoms with Crippen LogP contribution >= 0.6 is 23.4 Å². The molecule has 28 heavy (non-hydrogen) atoms. The molecule has 1 heterocycles. The molecule has 0 saturated carbocycles. The number of carbonyl (C=O) groups is 1. The van der Waals surface area contributed by atoms with Crippen LogP contribution < -0.4 is 10.2 Å². The van der Waals surface area contributed by atoms with Gasteiger partial charge >= 0.3 is 0 Å². The van der Waals surface area contributed by atoms with Crippen molar-refractivity contribution in [1.82, 2.24) is 20.2 Å². The first-order chi connectivity index (χ1) is 13.6. The zero-order chi connectivity index (χ0) is 19.9. The second-order valence-electron chi connectivity index (χ2n) is 5.70. The van der Waals surface area contributed by atoms with Crippen LogP contribution in [0.2, 0.25) is 5.02 Å². The highest BCUT2D eigenvalue weighted by molar-refractivity contribution is 7.99. The number of halogens is 1. The Morgan fingerprint density at radius 2 is 2.00 bits per heavy atom. The van der Waals surface area contributed by atoms with E-state index < -0.39 is 0 Å². The second kappa shape index (κ2) is 9.38. The molecule has 0 aliphatic rings. The number of thioether (sulfide) groups is 1. The number of methoxy groups -OCH3 is 1. The van der Waals surface area contributed by atoms with Crippen LogP contribution in [0.3, 0.4) is 0 Å². The first kappa shape index (κ1) is 19.9. The first-order valence-corrected chi connectivity index (χ1v) is 9.68. The van der Waals surface area contributed by atoms with Crippen molar-refractivity contribution in [2.75, 3.05) is 12.9 Å². The number of ether oxygens (including phenoxy) is 1. The number of nitrogens with one attached hydrogen (secondary N) is 1. The topological polar surface area (TPSA) is 81.4 Å². The Bertz CT molecular complexity index is 988. The Labute approximate surface area is 171 Å². The van der Waals surface area contributed by atoms with Gasteiger partial charge in [-0.05, 0) is 36.4 Å². The average molecular weight is 416 g/mol. The van der Waals surface area contributed by atoms with Gasteiger partial charge in [0, 0.05) is 23.2 Å². The number of hydrazone groups is 1. The number of para-hydroxylation sites is 1. The quantitative estimate of drug-likeness (QED) is 0.363. The molecule has 3 rings (SSSR count). The maximum atomic E-state index is 12.0. The lowest BCUT2D eigenvalue weighted by Gasteiger charge is -2.04. The van der Waals surface area contributed by atoms with Crippen molar-refractivity contribution in [2.24, 2.45) is 12.1 Å². The van der Waals surface area contributed by atoms with Crippen molar-refractivity contribution >= 4 is 35.5 Å². The maximum Gasteiger partial charge on any atom is 0.250 e. The van der Waals surface area contributed by atoms with Gasteiger partial charge in [0.05, 0.1) is 19.1 Å². The lowest BCUT2D eigenvalue weighted by Crippen LogP contribution is -2.20. The molecule has 0 aliphatic carbocycles. The van der Waals surface area contributed by atoms with E-state index in [9.17, 15) is 4.79 Å². The highest BCUT2D eigenvalue weighted by Gasteiger charge is 2.12. The van der Waals surface area contributed by atoms with Crippen molar-refractivity contribution in [3.05, 3.63) is 59.1 Å². The molecule has 0 bridgehead atoms. The molecule has 1 aromatic heterocycles. The second-order valence-corrected chi connectivity index (χ2v) is 7.07. The predicted molar refractivity (Wildman–Crippen MR) is 111 cm³/mol. The van der Waals surface area contributed by atoms with E-state index in [0.717, 1.165) is 11.1 Å². The third-order valence-electron chi connectivity index (χ3n) is 3.80.